The van der Waals surface area contributed by atoms with E-state index in [4.69, 9.17) is 9.47 Å². The fraction of sp³-hybridized carbons (Fsp3) is 0.333. The van der Waals surface area contributed by atoms with Crippen LogP contribution in [0.25, 0.3) is 0 Å². The predicted molar refractivity (Wildman–Crippen MR) is 99.3 cm³/mol. The minimum absolute atomic E-state index is 0.0637. The Balaban J connectivity index is 1.60. The number of nitrogens with zero attached hydrogens (tertiary/aromatic N) is 1. The number of hydrogen-bond donors (Lipinski definition) is 0. The van der Waals surface area contributed by atoms with Gasteiger partial charge in [0.05, 0.1) is 13.1 Å². The third kappa shape index (κ3) is 4.25. The number of methoxy groups -OCH3 is 1. The van der Waals surface area contributed by atoms with Crippen molar-refractivity contribution in [2.45, 2.75) is 24.5 Å². The molecule has 0 bridgehead atoms. The molecular formula is C21H20F3NO5. The van der Waals surface area contributed by atoms with Crippen LogP contribution in [-0.4, -0.2) is 49.4 Å². The lowest BCUT2D eigenvalue weighted by atomic mass is 9.92. The van der Waals surface area contributed by atoms with Crippen molar-refractivity contribution >= 4 is 12.1 Å². The molecule has 1 atom stereocenters. The van der Waals surface area contributed by atoms with Crippen LogP contribution in [0, 0.1) is 0 Å². The quantitative estimate of drug-likeness (QED) is 0.664. The molecule has 160 valence electrons. The number of esters is 1. The number of ether oxygens (including phenoxy) is 3. The molecule has 1 aliphatic rings. The van der Waals surface area contributed by atoms with Crippen LogP contribution in [-0.2, 0) is 31.2 Å². The van der Waals surface area contributed by atoms with Gasteiger partial charge in [0.15, 0.2) is 0 Å². The molecule has 2 aromatic rings. The summed E-state index contributed by atoms with van der Waals surface area (Å²) in [6, 6.07) is 15.6. The minimum atomic E-state index is -5.04. The molecule has 6 nitrogen and oxygen atoms in total. The van der Waals surface area contributed by atoms with Crippen LogP contribution >= 0.6 is 0 Å². The largest absolute Gasteiger partial charge is 0.456 e. The summed E-state index contributed by atoms with van der Waals surface area (Å²) in [4.78, 5) is 25.8. The maximum absolute atomic E-state index is 13.8. The van der Waals surface area contributed by atoms with Gasteiger partial charge in [-0.3, -0.25) is 0 Å². The highest BCUT2D eigenvalue weighted by Gasteiger charge is 2.64. The monoisotopic (exact) mass is 423 g/mol. The van der Waals surface area contributed by atoms with Crippen LogP contribution in [0.15, 0.2) is 60.7 Å². The SMILES string of the molecule is CO[C@@](C(=O)OC1CN(C(=O)OCc2ccccc2)C1)(c1ccccc1)C(F)(F)F. The molecular weight excluding hydrogens is 403 g/mol. The average Bonchev–Trinajstić information content (AvgIpc) is 2.70. The van der Waals surface area contributed by atoms with Crippen LogP contribution in [0.1, 0.15) is 11.1 Å². The van der Waals surface area contributed by atoms with Gasteiger partial charge in [0.2, 0.25) is 0 Å². The molecule has 0 aliphatic carbocycles. The molecule has 2 aromatic carbocycles. The number of carbonyl (C=O) groups excluding carboxylic acids is 2. The third-order valence-corrected chi connectivity index (χ3v) is 4.76. The first-order chi connectivity index (χ1) is 14.3. The fourth-order valence-electron chi connectivity index (χ4n) is 3.09. The maximum atomic E-state index is 13.8. The van der Waals surface area contributed by atoms with E-state index >= 15 is 0 Å². The van der Waals surface area contributed by atoms with Crippen LogP contribution < -0.4 is 0 Å². The van der Waals surface area contributed by atoms with Crippen molar-refractivity contribution < 1.29 is 37.0 Å². The Kier molecular flexibility index (Phi) is 6.31. The lowest BCUT2D eigenvalue weighted by Crippen LogP contribution is -2.59. The first-order valence-electron chi connectivity index (χ1n) is 9.12. The topological polar surface area (TPSA) is 65.1 Å². The van der Waals surface area contributed by atoms with Gasteiger partial charge in [0, 0.05) is 12.7 Å². The summed E-state index contributed by atoms with van der Waals surface area (Å²) < 4.78 is 56.4. The van der Waals surface area contributed by atoms with Crippen LogP contribution in [0.2, 0.25) is 0 Å². The fourth-order valence-corrected chi connectivity index (χ4v) is 3.09. The predicted octanol–water partition coefficient (Wildman–Crippen LogP) is 3.65. The highest BCUT2D eigenvalue weighted by Crippen LogP contribution is 2.43. The number of halogens is 3. The Morgan fingerprint density at radius 1 is 1.00 bits per heavy atom. The molecule has 1 saturated heterocycles. The summed E-state index contributed by atoms with van der Waals surface area (Å²) >= 11 is 0. The second kappa shape index (κ2) is 8.74. The molecule has 1 amide bonds. The molecule has 1 heterocycles. The Labute approximate surface area is 171 Å². The number of likely N-dealkylation sites (tertiary alicyclic amines) is 1. The molecule has 1 aliphatic heterocycles. The van der Waals surface area contributed by atoms with E-state index in [2.05, 4.69) is 4.74 Å². The first-order valence-corrected chi connectivity index (χ1v) is 9.12. The third-order valence-electron chi connectivity index (χ3n) is 4.76. The van der Waals surface area contributed by atoms with Gasteiger partial charge in [-0.2, -0.15) is 13.2 Å². The van der Waals surface area contributed by atoms with Crippen molar-refractivity contribution in [3.05, 3.63) is 71.8 Å². The molecule has 0 unspecified atom stereocenters. The number of alkyl halides is 3. The lowest BCUT2D eigenvalue weighted by molar-refractivity contribution is -0.279. The molecule has 3 rings (SSSR count). The zero-order chi connectivity index (χ0) is 21.8. The molecule has 0 radical (unpaired) electrons. The zero-order valence-electron chi connectivity index (χ0n) is 16.1. The maximum Gasteiger partial charge on any atom is 0.432 e. The minimum Gasteiger partial charge on any atom is -0.456 e. The van der Waals surface area contributed by atoms with Crippen LogP contribution in [0.5, 0.6) is 0 Å². The Hall–Kier alpha value is -3.07. The zero-order valence-corrected chi connectivity index (χ0v) is 16.1. The first kappa shape index (κ1) is 21.6. The van der Waals surface area contributed by atoms with Crippen molar-refractivity contribution in [1.82, 2.24) is 4.90 Å². The number of carbonyl (C=O) groups is 2. The molecule has 0 spiro atoms. The van der Waals surface area contributed by atoms with E-state index in [0.717, 1.165) is 24.8 Å². The van der Waals surface area contributed by atoms with Gasteiger partial charge in [-0.1, -0.05) is 60.7 Å². The highest BCUT2D eigenvalue weighted by atomic mass is 19.4. The van der Waals surface area contributed by atoms with Crippen molar-refractivity contribution in [1.29, 1.82) is 0 Å². The average molecular weight is 423 g/mol. The van der Waals surface area contributed by atoms with Gasteiger partial charge in [-0.05, 0) is 5.56 Å². The molecule has 1 fully saturated rings. The van der Waals surface area contributed by atoms with E-state index in [0.29, 0.717) is 0 Å². The Morgan fingerprint density at radius 3 is 2.10 bits per heavy atom. The molecule has 9 heteroatoms. The van der Waals surface area contributed by atoms with Crippen molar-refractivity contribution in [3.8, 4) is 0 Å². The Morgan fingerprint density at radius 2 is 1.57 bits per heavy atom. The van der Waals surface area contributed by atoms with E-state index in [9.17, 15) is 22.8 Å². The number of hydrogen-bond acceptors (Lipinski definition) is 5. The molecule has 30 heavy (non-hydrogen) atoms. The standard InChI is InChI=1S/C21H20F3NO5/c1-28-20(21(22,23)24,16-10-6-3-7-11-16)18(26)30-17-12-25(13-17)19(27)29-14-15-8-4-2-5-9-15/h2-11,17H,12-14H2,1H3/t20-/m1/s1. The van der Waals surface area contributed by atoms with Crippen LogP contribution in [0.4, 0.5) is 18.0 Å². The Bertz CT molecular complexity index is 869. The summed E-state index contributed by atoms with van der Waals surface area (Å²) in [5.41, 5.74) is -2.83. The highest BCUT2D eigenvalue weighted by molar-refractivity contribution is 5.83. The van der Waals surface area contributed by atoms with Crippen molar-refractivity contribution in [2.24, 2.45) is 0 Å². The molecule has 0 N–H and O–H groups in total. The van der Waals surface area contributed by atoms with Crippen molar-refractivity contribution in [2.75, 3.05) is 20.2 Å². The van der Waals surface area contributed by atoms with Gasteiger partial charge >= 0.3 is 18.2 Å². The van der Waals surface area contributed by atoms with Gasteiger partial charge in [0.1, 0.15) is 12.7 Å². The number of rotatable bonds is 6. The number of benzene rings is 2. The van der Waals surface area contributed by atoms with E-state index < -0.39 is 29.9 Å². The smallest absolute Gasteiger partial charge is 0.432 e. The second-order valence-corrected chi connectivity index (χ2v) is 6.72. The van der Waals surface area contributed by atoms with Gasteiger partial charge in [0.25, 0.3) is 5.60 Å². The van der Waals surface area contributed by atoms with E-state index in [1.54, 1.807) is 24.3 Å². The van der Waals surface area contributed by atoms with Crippen LogP contribution in [0.3, 0.4) is 0 Å². The second-order valence-electron chi connectivity index (χ2n) is 6.72. The summed E-state index contributed by atoms with van der Waals surface area (Å²) in [5, 5.41) is 0. The van der Waals surface area contributed by atoms with E-state index in [1.165, 1.54) is 23.1 Å². The normalized spacial score (nSPS) is 16.3. The summed E-state index contributed by atoms with van der Waals surface area (Å²) in [7, 11) is 0.801. The lowest BCUT2D eigenvalue weighted by Gasteiger charge is -2.40. The van der Waals surface area contributed by atoms with Gasteiger partial charge in [-0.15, -0.1) is 0 Å². The van der Waals surface area contributed by atoms with E-state index in [-0.39, 0.29) is 25.3 Å². The summed E-state index contributed by atoms with van der Waals surface area (Å²) in [5.74, 6) is -1.58. The summed E-state index contributed by atoms with van der Waals surface area (Å²) in [6.07, 6.45) is -6.57. The van der Waals surface area contributed by atoms with E-state index in [1.807, 2.05) is 6.07 Å². The summed E-state index contributed by atoms with van der Waals surface area (Å²) in [6.45, 7) is -0.0624. The molecule has 0 aromatic heterocycles. The van der Waals surface area contributed by atoms with Gasteiger partial charge < -0.3 is 19.1 Å². The number of amides is 1. The molecule has 0 saturated carbocycles. The van der Waals surface area contributed by atoms with Gasteiger partial charge in [-0.25, -0.2) is 9.59 Å². The van der Waals surface area contributed by atoms with Crippen molar-refractivity contribution in [3.63, 3.8) is 0 Å².